The van der Waals surface area contributed by atoms with Crippen LogP contribution in [0.25, 0.3) is 0 Å². The van der Waals surface area contributed by atoms with Crippen LogP contribution >= 0.6 is 0 Å². The lowest BCUT2D eigenvalue weighted by Gasteiger charge is -2.43. The number of hydrogen-bond donors (Lipinski definition) is 0. The second-order valence-electron chi connectivity index (χ2n) is 9.48. The van der Waals surface area contributed by atoms with E-state index in [4.69, 9.17) is 18.6 Å². The van der Waals surface area contributed by atoms with Gasteiger partial charge in [0.15, 0.2) is 5.79 Å². The van der Waals surface area contributed by atoms with Gasteiger partial charge in [-0.2, -0.15) is 0 Å². The first-order chi connectivity index (χ1) is 13.7. The first-order valence-corrected chi connectivity index (χ1v) is 12.4. The smallest absolute Gasteiger partial charge is 0.261 e. The maximum atomic E-state index is 7.00. The fraction of sp³-hybridized carbons (Fsp3) is 0.500. The van der Waals surface area contributed by atoms with Crippen LogP contribution in [0, 0.1) is 0 Å². The van der Waals surface area contributed by atoms with Crippen molar-refractivity contribution in [3.05, 3.63) is 60.7 Å². The molecule has 2 fully saturated rings. The molecule has 0 saturated carbocycles. The molecule has 0 aromatic heterocycles. The van der Waals surface area contributed by atoms with E-state index in [1.807, 2.05) is 13.8 Å². The summed E-state index contributed by atoms with van der Waals surface area (Å²) in [4.78, 5) is 0. The Labute approximate surface area is 175 Å². The minimum absolute atomic E-state index is 0.0160. The molecular formula is C24H32O4Si. The summed E-state index contributed by atoms with van der Waals surface area (Å²) in [6, 6.07) is 21.4. The quantitative estimate of drug-likeness (QED) is 0.705. The van der Waals surface area contributed by atoms with E-state index in [0.717, 1.165) is 0 Å². The van der Waals surface area contributed by atoms with Gasteiger partial charge in [0.05, 0.1) is 13.2 Å². The molecule has 2 heterocycles. The second-order valence-corrected chi connectivity index (χ2v) is 13.8. The van der Waals surface area contributed by atoms with Crippen molar-refractivity contribution in [2.75, 3.05) is 13.2 Å². The molecule has 0 radical (unpaired) electrons. The molecule has 3 atom stereocenters. The summed E-state index contributed by atoms with van der Waals surface area (Å²) in [6.45, 7) is 11.8. The van der Waals surface area contributed by atoms with E-state index in [2.05, 4.69) is 81.4 Å². The van der Waals surface area contributed by atoms with Crippen molar-refractivity contribution in [1.82, 2.24) is 0 Å². The van der Waals surface area contributed by atoms with Crippen molar-refractivity contribution in [3.63, 3.8) is 0 Å². The lowest BCUT2D eigenvalue weighted by Crippen LogP contribution is -2.67. The summed E-state index contributed by atoms with van der Waals surface area (Å²) in [5.74, 6) is -0.561. The van der Waals surface area contributed by atoms with Crippen LogP contribution in [0.2, 0.25) is 5.04 Å². The molecule has 2 saturated heterocycles. The molecule has 2 aromatic rings. The Morgan fingerprint density at radius 1 is 0.931 bits per heavy atom. The third kappa shape index (κ3) is 3.82. The van der Waals surface area contributed by atoms with Crippen LogP contribution in [0.4, 0.5) is 0 Å². The topological polar surface area (TPSA) is 36.9 Å². The molecule has 0 bridgehead atoms. The second kappa shape index (κ2) is 7.64. The maximum absolute atomic E-state index is 7.00. The van der Waals surface area contributed by atoms with Crippen LogP contribution in [-0.4, -0.2) is 45.6 Å². The van der Waals surface area contributed by atoms with Crippen LogP contribution in [0.15, 0.2) is 60.7 Å². The number of fused-ring (bicyclic) bond motifs is 1. The molecule has 156 valence electrons. The highest BCUT2D eigenvalue weighted by Gasteiger charge is 2.54. The highest BCUT2D eigenvalue weighted by molar-refractivity contribution is 6.99. The Morgan fingerprint density at radius 3 is 2.00 bits per heavy atom. The lowest BCUT2D eigenvalue weighted by molar-refractivity contribution is -0.177. The standard InChI is InChI=1S/C24H32O4Si/c1-23(2,3)29(18-12-8-6-9-13-18,19-14-10-7-11-15-19)26-17-20-22-21(16-25-20)27-24(4,5)28-22/h6-15,20-22H,16-17H2,1-5H3. The molecule has 5 heteroatoms. The third-order valence-electron chi connectivity index (χ3n) is 5.94. The largest absolute Gasteiger partial charge is 0.405 e. The summed E-state index contributed by atoms with van der Waals surface area (Å²) >= 11 is 0. The highest BCUT2D eigenvalue weighted by atomic mass is 28.4. The number of benzene rings is 2. The molecule has 29 heavy (non-hydrogen) atoms. The van der Waals surface area contributed by atoms with Gasteiger partial charge in [0, 0.05) is 0 Å². The summed E-state index contributed by atoms with van der Waals surface area (Å²) in [5.41, 5.74) is 0. The van der Waals surface area contributed by atoms with Gasteiger partial charge >= 0.3 is 0 Å². The van der Waals surface area contributed by atoms with E-state index in [1.165, 1.54) is 10.4 Å². The number of hydrogen-bond acceptors (Lipinski definition) is 4. The van der Waals surface area contributed by atoms with Crippen molar-refractivity contribution in [2.45, 2.75) is 63.8 Å². The van der Waals surface area contributed by atoms with E-state index < -0.39 is 14.1 Å². The monoisotopic (exact) mass is 412 g/mol. The van der Waals surface area contributed by atoms with Gasteiger partial charge in [-0.05, 0) is 29.3 Å². The molecule has 0 spiro atoms. The van der Waals surface area contributed by atoms with Crippen molar-refractivity contribution in [2.24, 2.45) is 0 Å². The van der Waals surface area contributed by atoms with Crippen LogP contribution in [0.3, 0.4) is 0 Å². The Balaban J connectivity index is 1.68. The molecule has 4 rings (SSSR count). The van der Waals surface area contributed by atoms with E-state index in [1.54, 1.807) is 0 Å². The average Bonchev–Trinajstić information content (AvgIpc) is 3.18. The van der Waals surface area contributed by atoms with Crippen LogP contribution < -0.4 is 10.4 Å². The fourth-order valence-electron chi connectivity index (χ4n) is 4.73. The average molecular weight is 413 g/mol. The fourth-order valence-corrected chi connectivity index (χ4v) is 9.30. The lowest BCUT2D eigenvalue weighted by atomic mass is 10.2. The molecule has 4 nitrogen and oxygen atoms in total. The summed E-state index contributed by atoms with van der Waals surface area (Å²) in [7, 11) is -2.57. The SMILES string of the molecule is CC1(C)OC2COC(CO[Si](c3ccccc3)(c3ccccc3)C(C)(C)C)C2O1. The number of ether oxygens (including phenoxy) is 3. The summed E-state index contributed by atoms with van der Waals surface area (Å²) in [5, 5.41) is 2.49. The number of rotatable bonds is 5. The van der Waals surface area contributed by atoms with Gasteiger partial charge in [-0.1, -0.05) is 81.4 Å². The van der Waals surface area contributed by atoms with Gasteiger partial charge in [-0.25, -0.2) is 0 Å². The van der Waals surface area contributed by atoms with Gasteiger partial charge in [0.2, 0.25) is 0 Å². The molecule has 2 aromatic carbocycles. The van der Waals surface area contributed by atoms with Crippen molar-refractivity contribution < 1.29 is 18.6 Å². The molecule has 0 amide bonds. The van der Waals surface area contributed by atoms with E-state index in [-0.39, 0.29) is 23.4 Å². The zero-order valence-corrected chi connectivity index (χ0v) is 19.1. The first kappa shape index (κ1) is 20.8. The molecule has 2 aliphatic heterocycles. The van der Waals surface area contributed by atoms with Crippen LogP contribution in [0.1, 0.15) is 34.6 Å². The zero-order valence-electron chi connectivity index (χ0n) is 18.1. The van der Waals surface area contributed by atoms with Crippen LogP contribution in [0.5, 0.6) is 0 Å². The Morgan fingerprint density at radius 2 is 1.48 bits per heavy atom. The minimum atomic E-state index is -2.57. The Bertz CT molecular complexity index is 776. The van der Waals surface area contributed by atoms with E-state index >= 15 is 0 Å². The zero-order chi connectivity index (χ0) is 20.7. The summed E-state index contributed by atoms with van der Waals surface area (Å²) in [6.07, 6.45) is -0.218. The van der Waals surface area contributed by atoms with Gasteiger partial charge in [0.1, 0.15) is 18.3 Å². The third-order valence-corrected chi connectivity index (χ3v) is 10.9. The van der Waals surface area contributed by atoms with Gasteiger partial charge in [-0.15, -0.1) is 0 Å². The molecule has 2 aliphatic rings. The Hall–Kier alpha value is -1.50. The van der Waals surface area contributed by atoms with E-state index in [0.29, 0.717) is 13.2 Å². The van der Waals surface area contributed by atoms with Crippen molar-refractivity contribution in [1.29, 1.82) is 0 Å². The highest BCUT2D eigenvalue weighted by Crippen LogP contribution is 2.39. The van der Waals surface area contributed by atoms with Crippen molar-refractivity contribution >= 4 is 18.7 Å². The molecule has 3 unspecified atom stereocenters. The van der Waals surface area contributed by atoms with Gasteiger partial charge in [0.25, 0.3) is 8.32 Å². The van der Waals surface area contributed by atoms with Gasteiger partial charge in [-0.3, -0.25) is 0 Å². The predicted molar refractivity (Wildman–Crippen MR) is 117 cm³/mol. The molecule has 0 aliphatic carbocycles. The van der Waals surface area contributed by atoms with E-state index in [9.17, 15) is 0 Å². The normalized spacial score (nSPS) is 26.4. The maximum Gasteiger partial charge on any atom is 0.261 e. The van der Waals surface area contributed by atoms with Crippen LogP contribution in [-0.2, 0) is 18.6 Å². The Kier molecular flexibility index (Phi) is 5.47. The van der Waals surface area contributed by atoms with Gasteiger partial charge < -0.3 is 18.6 Å². The predicted octanol–water partition coefficient (Wildman–Crippen LogP) is 3.48. The first-order valence-electron chi connectivity index (χ1n) is 10.5. The molecular weight excluding hydrogens is 380 g/mol. The van der Waals surface area contributed by atoms with Crippen molar-refractivity contribution in [3.8, 4) is 0 Å². The summed E-state index contributed by atoms with van der Waals surface area (Å²) < 4.78 is 25.2. The minimum Gasteiger partial charge on any atom is -0.405 e. The molecule has 0 N–H and O–H groups in total.